The van der Waals surface area contributed by atoms with E-state index in [4.69, 9.17) is 8.83 Å². The molecule has 0 radical (unpaired) electrons. The monoisotopic (exact) mass is 253 g/mol. The van der Waals surface area contributed by atoms with Gasteiger partial charge in [-0.2, -0.15) is 0 Å². The second-order valence-corrected chi connectivity index (χ2v) is 4.10. The number of aromatic nitrogens is 1. The number of hydrogen-bond acceptors (Lipinski definition) is 4. The van der Waals surface area contributed by atoms with Crippen molar-refractivity contribution in [3.05, 3.63) is 65.9 Å². The Labute approximate surface area is 109 Å². The number of benzene rings is 1. The molecule has 4 heteroatoms. The van der Waals surface area contributed by atoms with Crippen molar-refractivity contribution in [3.8, 4) is 11.5 Å². The summed E-state index contributed by atoms with van der Waals surface area (Å²) in [5.74, 6) is 2.28. The van der Waals surface area contributed by atoms with Crippen molar-refractivity contribution in [2.75, 3.05) is 0 Å². The summed E-state index contributed by atoms with van der Waals surface area (Å²) in [6, 6.07) is 13.1. The molecule has 3 rings (SSSR count). The average Bonchev–Trinajstić information content (AvgIpc) is 3.09. The number of rotatable bonds is 4. The molecule has 0 aliphatic heterocycles. The van der Waals surface area contributed by atoms with E-state index in [0.29, 0.717) is 35.9 Å². The summed E-state index contributed by atoms with van der Waals surface area (Å²) >= 11 is 0. The lowest BCUT2D eigenvalue weighted by molar-refractivity contribution is 0.109. The highest BCUT2D eigenvalue weighted by Gasteiger charge is 2.09. The zero-order valence-corrected chi connectivity index (χ0v) is 10.1. The van der Waals surface area contributed by atoms with Gasteiger partial charge in [-0.3, -0.25) is 4.79 Å². The highest BCUT2D eigenvalue weighted by Crippen LogP contribution is 2.20. The van der Waals surface area contributed by atoms with E-state index < -0.39 is 0 Å². The van der Waals surface area contributed by atoms with Gasteiger partial charge in [0, 0.05) is 5.56 Å². The minimum absolute atomic E-state index is 0.317. The van der Waals surface area contributed by atoms with Crippen molar-refractivity contribution in [1.82, 2.24) is 4.98 Å². The summed E-state index contributed by atoms with van der Waals surface area (Å²) in [7, 11) is 0. The first kappa shape index (κ1) is 11.5. The molecule has 0 N–H and O–H groups in total. The zero-order chi connectivity index (χ0) is 13.1. The Bertz CT molecular complexity index is 682. The number of oxazole rings is 1. The van der Waals surface area contributed by atoms with Crippen molar-refractivity contribution in [2.24, 2.45) is 0 Å². The van der Waals surface area contributed by atoms with Crippen LogP contribution in [-0.4, -0.2) is 11.3 Å². The van der Waals surface area contributed by atoms with Crippen LogP contribution in [-0.2, 0) is 6.42 Å². The third kappa shape index (κ3) is 2.47. The fourth-order valence-corrected chi connectivity index (χ4v) is 1.83. The standard InChI is InChI=1S/C15H11NO3/c17-10-13-7-6-12(18-13)8-14-9-16-15(19-14)11-4-2-1-3-5-11/h1-7,9-10H,8H2. The number of nitrogens with zero attached hydrogens (tertiary/aromatic N) is 1. The normalized spacial score (nSPS) is 10.5. The Morgan fingerprint density at radius 3 is 2.58 bits per heavy atom. The third-order valence-corrected chi connectivity index (χ3v) is 2.72. The highest BCUT2D eigenvalue weighted by atomic mass is 16.4. The molecular weight excluding hydrogens is 242 g/mol. The molecule has 0 spiro atoms. The topological polar surface area (TPSA) is 56.2 Å². The van der Waals surface area contributed by atoms with Crippen LogP contribution in [0.5, 0.6) is 0 Å². The lowest BCUT2D eigenvalue weighted by Gasteiger charge is -1.94. The van der Waals surface area contributed by atoms with Crippen molar-refractivity contribution < 1.29 is 13.6 Å². The van der Waals surface area contributed by atoms with Gasteiger partial charge in [0.15, 0.2) is 12.0 Å². The van der Waals surface area contributed by atoms with Crippen LogP contribution in [0.1, 0.15) is 22.1 Å². The molecule has 0 amide bonds. The number of furan rings is 1. The second kappa shape index (κ2) is 4.94. The third-order valence-electron chi connectivity index (χ3n) is 2.72. The number of hydrogen-bond donors (Lipinski definition) is 0. The van der Waals surface area contributed by atoms with Crippen LogP contribution in [0.3, 0.4) is 0 Å². The van der Waals surface area contributed by atoms with Gasteiger partial charge in [0.1, 0.15) is 11.5 Å². The van der Waals surface area contributed by atoms with E-state index in [-0.39, 0.29) is 0 Å². The first-order valence-corrected chi connectivity index (χ1v) is 5.89. The molecule has 2 aromatic heterocycles. The largest absolute Gasteiger partial charge is 0.458 e. The maximum atomic E-state index is 10.5. The number of aldehydes is 1. The second-order valence-electron chi connectivity index (χ2n) is 4.10. The van der Waals surface area contributed by atoms with Gasteiger partial charge in [0.25, 0.3) is 0 Å². The van der Waals surface area contributed by atoms with E-state index in [1.807, 2.05) is 30.3 Å². The summed E-state index contributed by atoms with van der Waals surface area (Å²) in [6.45, 7) is 0. The molecule has 3 aromatic rings. The van der Waals surface area contributed by atoms with Gasteiger partial charge in [0.2, 0.25) is 5.89 Å². The molecule has 0 atom stereocenters. The minimum Gasteiger partial charge on any atom is -0.458 e. The van der Waals surface area contributed by atoms with Gasteiger partial charge in [0.05, 0.1) is 12.6 Å². The summed E-state index contributed by atoms with van der Waals surface area (Å²) in [5.41, 5.74) is 0.932. The van der Waals surface area contributed by atoms with Gasteiger partial charge in [-0.1, -0.05) is 18.2 Å². The molecular formula is C15H11NO3. The summed E-state index contributed by atoms with van der Waals surface area (Å²) in [5, 5.41) is 0. The van der Waals surface area contributed by atoms with Gasteiger partial charge in [-0.15, -0.1) is 0 Å². The van der Waals surface area contributed by atoms with E-state index in [1.165, 1.54) is 0 Å². The molecule has 0 aliphatic rings. The molecule has 0 saturated carbocycles. The minimum atomic E-state index is 0.317. The molecule has 0 bridgehead atoms. The Balaban J connectivity index is 1.80. The first-order chi connectivity index (χ1) is 9.35. The Morgan fingerprint density at radius 2 is 1.84 bits per heavy atom. The van der Waals surface area contributed by atoms with Crippen LogP contribution in [0, 0.1) is 0 Å². The Hall–Kier alpha value is -2.62. The lowest BCUT2D eigenvalue weighted by atomic mass is 10.2. The van der Waals surface area contributed by atoms with Gasteiger partial charge in [-0.05, 0) is 24.3 Å². The summed E-state index contributed by atoms with van der Waals surface area (Å²) in [6.07, 6.45) is 2.83. The molecule has 19 heavy (non-hydrogen) atoms. The average molecular weight is 253 g/mol. The molecule has 1 aromatic carbocycles. The Kier molecular flexibility index (Phi) is 2.98. The van der Waals surface area contributed by atoms with Crippen LogP contribution < -0.4 is 0 Å². The van der Waals surface area contributed by atoms with Gasteiger partial charge in [-0.25, -0.2) is 4.98 Å². The predicted molar refractivity (Wildman–Crippen MR) is 68.8 cm³/mol. The number of carbonyl (C=O) groups is 1. The molecule has 0 saturated heterocycles. The van der Waals surface area contributed by atoms with Gasteiger partial charge < -0.3 is 8.83 Å². The quantitative estimate of drug-likeness (QED) is 0.669. The summed E-state index contributed by atoms with van der Waals surface area (Å²) < 4.78 is 11.0. The molecule has 94 valence electrons. The lowest BCUT2D eigenvalue weighted by Crippen LogP contribution is -1.81. The fourth-order valence-electron chi connectivity index (χ4n) is 1.83. The van der Waals surface area contributed by atoms with Crippen molar-refractivity contribution in [1.29, 1.82) is 0 Å². The molecule has 4 nitrogen and oxygen atoms in total. The summed E-state index contributed by atoms with van der Waals surface area (Å²) in [4.78, 5) is 14.8. The number of carbonyl (C=O) groups excluding carboxylic acids is 1. The van der Waals surface area contributed by atoms with Gasteiger partial charge >= 0.3 is 0 Å². The SMILES string of the molecule is O=Cc1ccc(Cc2cnc(-c3ccccc3)o2)o1. The highest BCUT2D eigenvalue weighted by molar-refractivity contribution is 5.70. The van der Waals surface area contributed by atoms with Crippen LogP contribution in [0.4, 0.5) is 0 Å². The van der Waals surface area contributed by atoms with E-state index in [9.17, 15) is 4.79 Å². The van der Waals surface area contributed by atoms with E-state index in [0.717, 1.165) is 5.56 Å². The zero-order valence-electron chi connectivity index (χ0n) is 10.1. The van der Waals surface area contributed by atoms with Crippen LogP contribution in [0.25, 0.3) is 11.5 Å². The van der Waals surface area contributed by atoms with Crippen molar-refractivity contribution >= 4 is 6.29 Å². The van der Waals surface area contributed by atoms with Crippen LogP contribution >= 0.6 is 0 Å². The molecule has 0 unspecified atom stereocenters. The van der Waals surface area contributed by atoms with Crippen LogP contribution in [0.15, 0.2) is 57.5 Å². The van der Waals surface area contributed by atoms with Crippen molar-refractivity contribution in [3.63, 3.8) is 0 Å². The molecule has 2 heterocycles. The maximum absolute atomic E-state index is 10.5. The molecule has 0 aliphatic carbocycles. The first-order valence-electron chi connectivity index (χ1n) is 5.89. The predicted octanol–water partition coefficient (Wildman–Crippen LogP) is 3.34. The van der Waals surface area contributed by atoms with E-state index in [2.05, 4.69) is 4.98 Å². The smallest absolute Gasteiger partial charge is 0.226 e. The fraction of sp³-hybridized carbons (Fsp3) is 0.0667. The van der Waals surface area contributed by atoms with Crippen molar-refractivity contribution in [2.45, 2.75) is 6.42 Å². The Morgan fingerprint density at radius 1 is 1.00 bits per heavy atom. The molecule has 0 fully saturated rings. The van der Waals surface area contributed by atoms with E-state index in [1.54, 1.807) is 18.3 Å². The maximum Gasteiger partial charge on any atom is 0.226 e. The van der Waals surface area contributed by atoms with E-state index >= 15 is 0 Å². The van der Waals surface area contributed by atoms with Crippen LogP contribution in [0.2, 0.25) is 0 Å².